The number of carboxylic acids is 1. The van der Waals surface area contributed by atoms with Gasteiger partial charge in [0.1, 0.15) is 0 Å². The average Bonchev–Trinajstić information content (AvgIpc) is 2.81. The lowest BCUT2D eigenvalue weighted by molar-refractivity contribution is -0.143. The molecular weight excluding hydrogens is 307 g/mol. The Balaban J connectivity index is 2.67. The van der Waals surface area contributed by atoms with Crippen molar-refractivity contribution < 1.29 is 24.5 Å². The van der Waals surface area contributed by atoms with Gasteiger partial charge in [-0.25, -0.2) is 4.39 Å². The molecule has 1 aliphatic rings. The first-order chi connectivity index (χ1) is 8.40. The Morgan fingerprint density at radius 2 is 1.83 bits per heavy atom. The molecule has 0 unspecified atom stereocenters. The van der Waals surface area contributed by atoms with Gasteiger partial charge in [0, 0.05) is 5.56 Å². The number of aromatic hydroxyl groups is 2. The summed E-state index contributed by atoms with van der Waals surface area (Å²) in [4.78, 5) is 11.5. The minimum absolute atomic E-state index is 0.0553. The van der Waals surface area contributed by atoms with Crippen molar-refractivity contribution in [3.05, 3.63) is 21.9 Å². The summed E-state index contributed by atoms with van der Waals surface area (Å²) in [6.07, 6.45) is 2.18. The van der Waals surface area contributed by atoms with Gasteiger partial charge in [0.25, 0.3) is 0 Å². The zero-order valence-corrected chi connectivity index (χ0v) is 11.0. The first-order valence-electron chi connectivity index (χ1n) is 5.54. The normalized spacial score (nSPS) is 17.9. The minimum Gasteiger partial charge on any atom is -0.504 e. The monoisotopic (exact) mass is 318 g/mol. The van der Waals surface area contributed by atoms with Crippen LogP contribution in [-0.4, -0.2) is 21.3 Å². The molecule has 2 rings (SSSR count). The van der Waals surface area contributed by atoms with E-state index in [4.69, 9.17) is 0 Å². The summed E-state index contributed by atoms with van der Waals surface area (Å²) in [6, 6.07) is 1.24. The highest BCUT2D eigenvalue weighted by Gasteiger charge is 2.45. The second-order valence-corrected chi connectivity index (χ2v) is 5.37. The number of aliphatic carboxylic acids is 1. The predicted molar refractivity (Wildman–Crippen MR) is 65.2 cm³/mol. The van der Waals surface area contributed by atoms with Crippen LogP contribution in [0.5, 0.6) is 11.5 Å². The van der Waals surface area contributed by atoms with Crippen LogP contribution >= 0.6 is 15.9 Å². The zero-order valence-electron chi connectivity index (χ0n) is 9.41. The number of hydrogen-bond acceptors (Lipinski definition) is 3. The molecule has 18 heavy (non-hydrogen) atoms. The van der Waals surface area contributed by atoms with Gasteiger partial charge in [-0.05, 0) is 34.8 Å². The van der Waals surface area contributed by atoms with E-state index in [-0.39, 0.29) is 10.0 Å². The van der Waals surface area contributed by atoms with E-state index in [1.807, 2.05) is 0 Å². The highest BCUT2D eigenvalue weighted by atomic mass is 79.9. The number of benzene rings is 1. The fourth-order valence-corrected chi connectivity index (χ4v) is 2.96. The van der Waals surface area contributed by atoms with Gasteiger partial charge in [0.05, 0.1) is 9.89 Å². The van der Waals surface area contributed by atoms with Gasteiger partial charge in [0.2, 0.25) is 0 Å². The number of phenols is 2. The molecule has 0 amide bonds. The number of rotatable bonds is 2. The molecule has 0 radical (unpaired) electrons. The van der Waals surface area contributed by atoms with Crippen molar-refractivity contribution >= 4 is 21.9 Å². The third-order valence-corrected chi connectivity index (χ3v) is 4.13. The Bertz CT molecular complexity index is 509. The Morgan fingerprint density at radius 3 is 2.33 bits per heavy atom. The van der Waals surface area contributed by atoms with E-state index in [9.17, 15) is 24.5 Å². The molecule has 0 aromatic heterocycles. The molecule has 0 spiro atoms. The van der Waals surface area contributed by atoms with Crippen LogP contribution in [0.3, 0.4) is 0 Å². The number of phenolic OH excluding ortho intramolecular Hbond substituents is 2. The van der Waals surface area contributed by atoms with Crippen LogP contribution in [0.4, 0.5) is 4.39 Å². The van der Waals surface area contributed by atoms with Crippen molar-refractivity contribution in [1.29, 1.82) is 0 Å². The van der Waals surface area contributed by atoms with E-state index in [1.54, 1.807) is 0 Å². The van der Waals surface area contributed by atoms with Crippen molar-refractivity contribution in [2.24, 2.45) is 0 Å². The minimum atomic E-state index is -1.24. The van der Waals surface area contributed by atoms with Crippen LogP contribution in [0.1, 0.15) is 31.2 Å². The molecule has 1 aromatic rings. The third kappa shape index (κ3) is 1.75. The zero-order chi connectivity index (χ0) is 13.5. The number of carbonyl (C=O) groups is 1. The molecule has 0 saturated heterocycles. The van der Waals surface area contributed by atoms with Gasteiger partial charge in [0.15, 0.2) is 17.3 Å². The summed E-state index contributed by atoms with van der Waals surface area (Å²) in [5.74, 6) is -3.64. The predicted octanol–water partition coefficient (Wildman–Crippen LogP) is 2.90. The van der Waals surface area contributed by atoms with E-state index in [0.717, 1.165) is 12.8 Å². The standard InChI is InChI=1S/C12H12BrFO4/c13-7-5-6(9(15)10(16)8(7)14)12(11(17)18)3-1-2-4-12/h5,15-16H,1-4H2,(H,17,18). The highest BCUT2D eigenvalue weighted by Crippen LogP contribution is 2.49. The van der Waals surface area contributed by atoms with Crippen molar-refractivity contribution in [2.45, 2.75) is 31.1 Å². The highest BCUT2D eigenvalue weighted by molar-refractivity contribution is 9.10. The maximum absolute atomic E-state index is 13.4. The molecule has 6 heteroatoms. The number of carboxylic acid groups (broad SMARTS) is 1. The van der Waals surface area contributed by atoms with E-state index in [0.29, 0.717) is 12.8 Å². The fraction of sp³-hybridized carbons (Fsp3) is 0.417. The van der Waals surface area contributed by atoms with Crippen molar-refractivity contribution in [2.75, 3.05) is 0 Å². The molecule has 0 bridgehead atoms. The van der Waals surface area contributed by atoms with E-state index < -0.39 is 28.7 Å². The molecule has 0 heterocycles. The van der Waals surface area contributed by atoms with Crippen LogP contribution in [0.2, 0.25) is 0 Å². The van der Waals surface area contributed by atoms with Crippen LogP contribution in [0, 0.1) is 5.82 Å². The van der Waals surface area contributed by atoms with Crippen molar-refractivity contribution in [3.63, 3.8) is 0 Å². The maximum atomic E-state index is 13.4. The van der Waals surface area contributed by atoms with Gasteiger partial charge in [-0.3, -0.25) is 4.79 Å². The molecule has 1 aromatic carbocycles. The lowest BCUT2D eigenvalue weighted by atomic mass is 9.78. The van der Waals surface area contributed by atoms with Gasteiger partial charge in [-0.1, -0.05) is 12.8 Å². The van der Waals surface area contributed by atoms with Crippen molar-refractivity contribution in [3.8, 4) is 11.5 Å². The number of hydrogen-bond donors (Lipinski definition) is 3. The van der Waals surface area contributed by atoms with Gasteiger partial charge < -0.3 is 15.3 Å². The summed E-state index contributed by atoms with van der Waals surface area (Å²) in [5.41, 5.74) is -1.17. The molecule has 1 aliphatic carbocycles. The molecule has 1 saturated carbocycles. The Labute approximate surface area is 111 Å². The topological polar surface area (TPSA) is 77.8 Å². The average molecular weight is 319 g/mol. The lowest BCUT2D eigenvalue weighted by Crippen LogP contribution is -2.32. The Morgan fingerprint density at radius 1 is 1.28 bits per heavy atom. The summed E-state index contributed by atoms with van der Waals surface area (Å²) in [6.45, 7) is 0. The SMILES string of the molecule is O=C(O)C1(c2cc(Br)c(F)c(O)c2O)CCCC1. The molecule has 4 nitrogen and oxygen atoms in total. The Kier molecular flexibility index (Phi) is 3.23. The third-order valence-electron chi connectivity index (χ3n) is 3.55. The summed E-state index contributed by atoms with van der Waals surface area (Å²) in [5, 5.41) is 28.7. The summed E-state index contributed by atoms with van der Waals surface area (Å²) >= 11 is 2.91. The van der Waals surface area contributed by atoms with E-state index in [1.165, 1.54) is 6.07 Å². The second-order valence-electron chi connectivity index (χ2n) is 4.51. The largest absolute Gasteiger partial charge is 0.504 e. The quantitative estimate of drug-likeness (QED) is 0.733. The smallest absolute Gasteiger partial charge is 0.314 e. The summed E-state index contributed by atoms with van der Waals surface area (Å²) < 4.78 is 13.3. The Hall–Kier alpha value is -1.30. The lowest BCUT2D eigenvalue weighted by Gasteiger charge is -2.25. The maximum Gasteiger partial charge on any atom is 0.314 e. The van der Waals surface area contributed by atoms with Gasteiger partial charge >= 0.3 is 5.97 Å². The molecule has 0 aliphatic heterocycles. The van der Waals surface area contributed by atoms with E-state index >= 15 is 0 Å². The summed E-state index contributed by atoms with van der Waals surface area (Å²) in [7, 11) is 0. The molecule has 98 valence electrons. The van der Waals surface area contributed by atoms with Crippen LogP contribution < -0.4 is 0 Å². The first-order valence-corrected chi connectivity index (χ1v) is 6.33. The number of halogens is 2. The van der Waals surface area contributed by atoms with Crippen molar-refractivity contribution in [1.82, 2.24) is 0 Å². The van der Waals surface area contributed by atoms with Crippen LogP contribution in [0.15, 0.2) is 10.5 Å². The molecule has 3 N–H and O–H groups in total. The van der Waals surface area contributed by atoms with Gasteiger partial charge in [-0.2, -0.15) is 0 Å². The van der Waals surface area contributed by atoms with E-state index in [2.05, 4.69) is 15.9 Å². The van der Waals surface area contributed by atoms with Crippen LogP contribution in [-0.2, 0) is 10.2 Å². The second kappa shape index (κ2) is 4.42. The van der Waals surface area contributed by atoms with Gasteiger partial charge in [-0.15, -0.1) is 0 Å². The fourth-order valence-electron chi connectivity index (χ4n) is 2.54. The van der Waals surface area contributed by atoms with Crippen LogP contribution in [0.25, 0.3) is 0 Å². The molecule has 0 atom stereocenters. The first kappa shape index (κ1) is 13.1. The molecule has 1 fully saturated rings. The molecular formula is C12H12BrFO4.